The third kappa shape index (κ3) is 8.02. The van der Waals surface area contributed by atoms with Crippen molar-refractivity contribution in [2.24, 2.45) is 0 Å². The van der Waals surface area contributed by atoms with E-state index >= 15 is 0 Å². The summed E-state index contributed by atoms with van der Waals surface area (Å²) in [6, 6.07) is 18.6. The van der Waals surface area contributed by atoms with Crippen molar-refractivity contribution in [3.63, 3.8) is 0 Å². The number of thiazole rings is 1. The fraction of sp³-hybridized carbons (Fsp3) is 0.161. The highest BCUT2D eigenvalue weighted by Gasteiger charge is 2.17. The van der Waals surface area contributed by atoms with Crippen molar-refractivity contribution in [2.45, 2.75) is 26.2 Å². The first-order valence-electron chi connectivity index (χ1n) is 14.0. The molecule has 9 nitrogen and oxygen atoms in total. The molecule has 0 fully saturated rings. The first kappa shape index (κ1) is 25.0. The summed E-state index contributed by atoms with van der Waals surface area (Å²) in [7, 11) is -2.84. The van der Waals surface area contributed by atoms with Crippen molar-refractivity contribution >= 4 is 29.3 Å². The summed E-state index contributed by atoms with van der Waals surface area (Å²) >= 11 is 1.20. The van der Waals surface area contributed by atoms with Crippen LogP contribution in [0.5, 0.6) is 16.7 Å². The van der Waals surface area contributed by atoms with Crippen LogP contribution in [0.2, 0.25) is 0 Å². The molecule has 0 spiro atoms. The van der Waals surface area contributed by atoms with Crippen LogP contribution in [0.25, 0.3) is 17.2 Å². The second kappa shape index (κ2) is 13.9. The third-order valence-corrected chi connectivity index (χ3v) is 6.61. The number of Topliss-reactive ketones (excluding diaryl/α,β-unsaturated/α-hetero) is 1. The van der Waals surface area contributed by atoms with Gasteiger partial charge in [-0.05, 0) is 60.7 Å². The van der Waals surface area contributed by atoms with Gasteiger partial charge in [0.05, 0.1) is 21.6 Å². The Labute approximate surface area is 244 Å². The summed E-state index contributed by atoms with van der Waals surface area (Å²) in [6.45, 7) is 1.49. The zero-order valence-electron chi connectivity index (χ0n) is 24.9. The predicted octanol–water partition coefficient (Wildman–Crippen LogP) is 6.11. The largest absolute Gasteiger partial charge is 0.872 e. The standard InChI is InChI=1S/C31H28N2O7S/c1-20(28(35)27-26(34)18-24(39-29(27)36)11-7-4-8-16-32-30(37)38-2)17-25-19-33-31(41-25)40-23-14-12-22(13-15-23)21-9-5-3-6-10-21/h3,5-6,8-10,12-19,34H,4,7,11H2,1-2H3,(H,32,37)/p-1/b16-8+,20-17?/i2D3. The molecule has 41 heavy (non-hydrogen) atoms. The van der Waals surface area contributed by atoms with E-state index in [0.29, 0.717) is 28.7 Å². The lowest BCUT2D eigenvalue weighted by Crippen LogP contribution is -2.19. The van der Waals surface area contributed by atoms with Crippen molar-refractivity contribution < 1.29 is 32.7 Å². The average Bonchev–Trinajstić information content (AvgIpc) is 3.40. The second-order valence-electron chi connectivity index (χ2n) is 8.75. The van der Waals surface area contributed by atoms with E-state index in [4.69, 9.17) is 13.3 Å². The molecule has 0 bridgehead atoms. The Morgan fingerprint density at radius 3 is 2.63 bits per heavy atom. The zero-order chi connectivity index (χ0) is 31.7. The van der Waals surface area contributed by atoms with Gasteiger partial charge in [-0.1, -0.05) is 65.6 Å². The number of nitrogens with one attached hydrogen (secondary N) is 1. The Balaban J connectivity index is 1.32. The molecule has 1 amide bonds. The van der Waals surface area contributed by atoms with Crippen molar-refractivity contribution in [3.8, 4) is 27.8 Å². The summed E-state index contributed by atoms with van der Waals surface area (Å²) in [6.07, 6.45) is 5.76. The lowest BCUT2D eigenvalue weighted by Gasteiger charge is -2.12. The minimum atomic E-state index is -2.84. The molecule has 0 radical (unpaired) electrons. The number of carbonyl (C=O) groups is 2. The molecule has 0 atom stereocenters. The number of carbonyl (C=O) groups excluding carboxylic acids is 2. The Hall–Kier alpha value is -4.96. The van der Waals surface area contributed by atoms with Crippen molar-refractivity contribution in [1.29, 1.82) is 0 Å². The molecule has 0 saturated carbocycles. The summed E-state index contributed by atoms with van der Waals surface area (Å²) in [5, 5.41) is 15.2. The van der Waals surface area contributed by atoms with Crippen LogP contribution >= 0.6 is 11.3 Å². The van der Waals surface area contributed by atoms with E-state index < -0.39 is 35.9 Å². The first-order chi connectivity index (χ1) is 21.0. The highest BCUT2D eigenvalue weighted by Crippen LogP contribution is 2.30. The van der Waals surface area contributed by atoms with Crippen LogP contribution in [0.3, 0.4) is 0 Å². The number of aryl methyl sites for hydroxylation is 1. The summed E-state index contributed by atoms with van der Waals surface area (Å²) in [5.41, 5.74) is 0.678. The number of ketones is 1. The van der Waals surface area contributed by atoms with Crippen LogP contribution in [0.1, 0.15) is 44.9 Å². The van der Waals surface area contributed by atoms with E-state index in [1.807, 2.05) is 54.6 Å². The molecule has 0 aliphatic rings. The molecule has 1 N–H and O–H groups in total. The van der Waals surface area contributed by atoms with Crippen molar-refractivity contribution in [3.05, 3.63) is 111 Å². The highest BCUT2D eigenvalue weighted by molar-refractivity contribution is 7.14. The first-order valence-corrected chi connectivity index (χ1v) is 13.3. The number of nitrogens with zero attached hydrogens (tertiary/aromatic N) is 1. The molecule has 0 aliphatic heterocycles. The van der Waals surface area contributed by atoms with Crippen LogP contribution in [0.4, 0.5) is 4.79 Å². The third-order valence-electron chi connectivity index (χ3n) is 5.79. The maximum atomic E-state index is 13.0. The molecular formula is C31H27N2O7S-. The maximum Gasteiger partial charge on any atom is 0.410 e. The van der Waals surface area contributed by atoms with E-state index in [1.54, 1.807) is 6.08 Å². The normalized spacial score (nSPS) is 12.8. The molecule has 2 aromatic carbocycles. The number of hydrogen-bond acceptors (Lipinski definition) is 9. The van der Waals surface area contributed by atoms with Crippen LogP contribution in [-0.4, -0.2) is 23.9 Å². The second-order valence-corrected chi connectivity index (χ2v) is 9.77. The molecular weight excluding hydrogens is 544 g/mol. The summed E-state index contributed by atoms with van der Waals surface area (Å²) < 4.78 is 35.7. The molecule has 4 rings (SSSR count). The Kier molecular flexibility index (Phi) is 8.49. The maximum absolute atomic E-state index is 13.0. The highest BCUT2D eigenvalue weighted by atomic mass is 32.1. The Bertz CT molecular complexity index is 1730. The molecule has 2 heterocycles. The Morgan fingerprint density at radius 1 is 1.15 bits per heavy atom. The van der Waals surface area contributed by atoms with Crippen molar-refractivity contribution in [2.75, 3.05) is 7.04 Å². The van der Waals surface area contributed by atoms with E-state index in [-0.39, 0.29) is 17.8 Å². The summed E-state index contributed by atoms with van der Waals surface area (Å²) in [4.78, 5) is 41.6. The molecule has 2 aromatic heterocycles. The SMILES string of the molecule is [2H]C([2H])([2H])OC(=O)N/C=C/CCCc1cc([O-])c(C(=O)C(C)=Cc2cnc(Oc3ccc(-c4ccccc4)cc3)s2)c(=O)o1. The number of benzene rings is 2. The number of rotatable bonds is 11. The molecule has 210 valence electrons. The topological polar surface area (TPSA) is 131 Å². The molecule has 10 heteroatoms. The van der Waals surface area contributed by atoms with Gasteiger partial charge in [-0.3, -0.25) is 10.1 Å². The van der Waals surface area contributed by atoms with Gasteiger partial charge in [-0.15, -0.1) is 0 Å². The number of unbranched alkanes of at least 4 members (excludes halogenated alkanes) is 1. The average molecular weight is 575 g/mol. The van der Waals surface area contributed by atoms with E-state index in [2.05, 4.69) is 15.0 Å². The van der Waals surface area contributed by atoms with Gasteiger partial charge in [0.15, 0.2) is 5.78 Å². The van der Waals surface area contributed by atoms with Gasteiger partial charge in [-0.2, -0.15) is 0 Å². The monoisotopic (exact) mass is 574 g/mol. The number of hydrogen-bond donors (Lipinski definition) is 1. The van der Waals surface area contributed by atoms with Gasteiger partial charge < -0.3 is 19.0 Å². The fourth-order valence-corrected chi connectivity index (χ4v) is 4.57. The van der Waals surface area contributed by atoms with E-state index in [9.17, 15) is 19.5 Å². The van der Waals surface area contributed by atoms with Gasteiger partial charge in [0.2, 0.25) is 0 Å². The van der Waals surface area contributed by atoms with Gasteiger partial charge in [0, 0.05) is 18.8 Å². The predicted molar refractivity (Wildman–Crippen MR) is 154 cm³/mol. The van der Waals surface area contributed by atoms with Crippen LogP contribution in [-0.2, 0) is 11.2 Å². The van der Waals surface area contributed by atoms with E-state index in [1.165, 1.54) is 36.7 Å². The molecule has 4 aromatic rings. The Morgan fingerprint density at radius 2 is 1.90 bits per heavy atom. The van der Waals surface area contributed by atoms with Gasteiger partial charge >= 0.3 is 11.7 Å². The van der Waals surface area contributed by atoms with Gasteiger partial charge in [0.1, 0.15) is 11.5 Å². The quantitative estimate of drug-likeness (QED) is 0.129. The van der Waals surface area contributed by atoms with Crippen LogP contribution < -0.4 is 20.8 Å². The van der Waals surface area contributed by atoms with E-state index in [0.717, 1.165) is 17.2 Å². The summed E-state index contributed by atoms with van der Waals surface area (Å²) in [5.74, 6) is -0.784. The smallest absolute Gasteiger partial charge is 0.410 e. The number of allylic oxidation sites excluding steroid dienone is 2. The molecule has 0 aliphatic carbocycles. The number of alkyl carbamates (subject to hydrolysis) is 1. The lowest BCUT2D eigenvalue weighted by atomic mass is 10.0. The molecule has 0 saturated heterocycles. The fourth-order valence-electron chi connectivity index (χ4n) is 3.79. The number of aromatic nitrogens is 1. The minimum absolute atomic E-state index is 0.113. The minimum Gasteiger partial charge on any atom is -0.872 e. The zero-order valence-corrected chi connectivity index (χ0v) is 22.7. The van der Waals surface area contributed by atoms with Gasteiger partial charge in [-0.25, -0.2) is 14.6 Å². The van der Waals surface area contributed by atoms with Crippen molar-refractivity contribution in [1.82, 2.24) is 10.3 Å². The number of amides is 1. The van der Waals surface area contributed by atoms with Crippen LogP contribution in [0.15, 0.2) is 93.9 Å². The lowest BCUT2D eigenvalue weighted by molar-refractivity contribution is -0.269. The van der Waals surface area contributed by atoms with Crippen LogP contribution in [0, 0.1) is 0 Å². The van der Waals surface area contributed by atoms with Gasteiger partial charge in [0.25, 0.3) is 5.19 Å². The molecule has 0 unspecified atom stereocenters. The number of ether oxygens (including phenoxy) is 2. The number of methoxy groups -OCH3 is 1.